The van der Waals surface area contributed by atoms with Crippen LogP contribution in [0.5, 0.6) is 5.75 Å². The first kappa shape index (κ1) is 20.9. The van der Waals surface area contributed by atoms with Gasteiger partial charge in [-0.3, -0.25) is 9.10 Å². The number of sulfonamides is 1. The first-order valence-corrected chi connectivity index (χ1v) is 11.5. The topological polar surface area (TPSA) is 75.7 Å². The summed E-state index contributed by atoms with van der Waals surface area (Å²) < 4.78 is 33.0. The molecule has 1 aliphatic heterocycles. The smallest absolute Gasteiger partial charge is 0.265 e. The number of anilines is 1. The molecule has 0 aliphatic carbocycles. The highest BCUT2D eigenvalue weighted by Gasteiger charge is 2.35. The van der Waals surface area contributed by atoms with Gasteiger partial charge in [0, 0.05) is 11.1 Å². The Bertz CT molecular complexity index is 1210. The maximum absolute atomic E-state index is 13.3. The predicted octanol–water partition coefficient (Wildman–Crippen LogP) is 4.14. The Balaban J connectivity index is 1.61. The molecule has 160 valence electrons. The van der Waals surface area contributed by atoms with Crippen molar-refractivity contribution in [3.63, 3.8) is 0 Å². The fraction of sp³-hybridized carbons (Fsp3) is 0.208. The van der Waals surface area contributed by atoms with Gasteiger partial charge in [-0.05, 0) is 36.2 Å². The quantitative estimate of drug-likeness (QED) is 0.630. The number of methoxy groups -OCH3 is 1. The van der Waals surface area contributed by atoms with E-state index in [1.807, 2.05) is 49.4 Å². The van der Waals surface area contributed by atoms with Crippen molar-refractivity contribution in [2.75, 3.05) is 18.0 Å². The van der Waals surface area contributed by atoms with Crippen LogP contribution in [-0.4, -0.2) is 28.0 Å². The predicted molar refractivity (Wildman–Crippen MR) is 121 cm³/mol. The van der Waals surface area contributed by atoms with Gasteiger partial charge in [-0.2, -0.15) is 0 Å². The molecular weight excluding hydrogens is 412 g/mol. The van der Waals surface area contributed by atoms with Gasteiger partial charge in [0.15, 0.2) is 0 Å². The SMILES string of the molecule is CC[C@@H](NC(=O)CN1c2ccccc2-c2ccccc2S1(=O)=O)c1ccc(OC)cc1. The van der Waals surface area contributed by atoms with Crippen LogP contribution in [-0.2, 0) is 14.8 Å². The second kappa shape index (κ2) is 8.43. The Hall–Kier alpha value is -3.32. The molecule has 0 saturated carbocycles. The molecule has 31 heavy (non-hydrogen) atoms. The van der Waals surface area contributed by atoms with E-state index in [-0.39, 0.29) is 23.4 Å². The average molecular weight is 437 g/mol. The van der Waals surface area contributed by atoms with E-state index < -0.39 is 10.0 Å². The Labute approximate surface area is 182 Å². The molecule has 1 aliphatic rings. The van der Waals surface area contributed by atoms with Crippen molar-refractivity contribution in [2.45, 2.75) is 24.3 Å². The highest BCUT2D eigenvalue weighted by atomic mass is 32.2. The number of nitrogens with zero attached hydrogens (tertiary/aromatic N) is 1. The number of carbonyl (C=O) groups excluding carboxylic acids is 1. The van der Waals surface area contributed by atoms with Crippen molar-refractivity contribution in [3.8, 4) is 16.9 Å². The van der Waals surface area contributed by atoms with E-state index in [4.69, 9.17) is 4.74 Å². The summed E-state index contributed by atoms with van der Waals surface area (Å²) in [5.41, 5.74) is 2.89. The zero-order valence-electron chi connectivity index (χ0n) is 17.4. The highest BCUT2D eigenvalue weighted by Crippen LogP contribution is 2.42. The van der Waals surface area contributed by atoms with E-state index in [1.54, 1.807) is 37.4 Å². The third kappa shape index (κ3) is 3.88. The molecule has 1 amide bonds. The van der Waals surface area contributed by atoms with Gasteiger partial charge >= 0.3 is 0 Å². The summed E-state index contributed by atoms with van der Waals surface area (Å²) in [4.78, 5) is 13.2. The Morgan fingerprint density at radius 2 is 1.61 bits per heavy atom. The molecule has 4 rings (SSSR count). The maximum atomic E-state index is 13.3. The fourth-order valence-corrected chi connectivity index (χ4v) is 5.53. The lowest BCUT2D eigenvalue weighted by Gasteiger charge is -2.32. The molecular formula is C24H24N2O4S. The summed E-state index contributed by atoms with van der Waals surface area (Å²) in [6.45, 7) is 1.68. The summed E-state index contributed by atoms with van der Waals surface area (Å²) >= 11 is 0. The minimum absolute atomic E-state index is 0.212. The summed E-state index contributed by atoms with van der Waals surface area (Å²) in [5, 5.41) is 2.97. The van der Waals surface area contributed by atoms with E-state index in [0.717, 1.165) is 16.9 Å². The van der Waals surface area contributed by atoms with Crippen molar-refractivity contribution in [1.29, 1.82) is 0 Å². The third-order valence-corrected chi connectivity index (χ3v) is 7.28. The fourth-order valence-electron chi connectivity index (χ4n) is 3.88. The van der Waals surface area contributed by atoms with Crippen molar-refractivity contribution in [1.82, 2.24) is 5.32 Å². The lowest BCUT2D eigenvalue weighted by atomic mass is 10.0. The van der Waals surface area contributed by atoms with Crippen LogP contribution in [0, 0.1) is 0 Å². The second-order valence-corrected chi connectivity index (χ2v) is 9.16. The summed E-state index contributed by atoms with van der Waals surface area (Å²) in [6.07, 6.45) is 0.671. The Morgan fingerprint density at radius 1 is 0.968 bits per heavy atom. The minimum atomic E-state index is -3.85. The number of carbonyl (C=O) groups is 1. The molecule has 1 heterocycles. The van der Waals surface area contributed by atoms with Crippen LogP contribution >= 0.6 is 0 Å². The van der Waals surface area contributed by atoms with Crippen molar-refractivity contribution < 1.29 is 17.9 Å². The number of amides is 1. The van der Waals surface area contributed by atoms with Crippen molar-refractivity contribution in [3.05, 3.63) is 78.4 Å². The summed E-state index contributed by atoms with van der Waals surface area (Å²) in [6, 6.07) is 21.4. The Kier molecular flexibility index (Phi) is 5.69. The molecule has 1 atom stereocenters. The lowest BCUT2D eigenvalue weighted by Crippen LogP contribution is -2.43. The van der Waals surface area contributed by atoms with Gasteiger partial charge in [0.25, 0.3) is 10.0 Å². The van der Waals surface area contributed by atoms with E-state index in [0.29, 0.717) is 17.7 Å². The van der Waals surface area contributed by atoms with Crippen LogP contribution < -0.4 is 14.4 Å². The van der Waals surface area contributed by atoms with Crippen LogP contribution in [0.3, 0.4) is 0 Å². The molecule has 0 bridgehead atoms. The maximum Gasteiger partial charge on any atom is 0.265 e. The largest absolute Gasteiger partial charge is 0.497 e. The highest BCUT2D eigenvalue weighted by molar-refractivity contribution is 7.93. The summed E-state index contributed by atoms with van der Waals surface area (Å²) in [7, 11) is -2.25. The van der Waals surface area contributed by atoms with Gasteiger partial charge in [-0.1, -0.05) is 55.5 Å². The molecule has 3 aromatic carbocycles. The first-order chi connectivity index (χ1) is 15.0. The standard InChI is InChI=1S/C24H24N2O4S/c1-3-21(17-12-14-18(30-2)15-13-17)25-24(27)16-26-22-10-6-4-8-19(22)20-9-5-7-11-23(20)31(26,28)29/h4-15,21H,3,16H2,1-2H3,(H,25,27)/t21-/m1/s1. The van der Waals surface area contributed by atoms with Crippen molar-refractivity contribution >= 4 is 21.6 Å². The number of para-hydroxylation sites is 1. The second-order valence-electron chi connectivity index (χ2n) is 7.33. The van der Waals surface area contributed by atoms with Gasteiger partial charge in [0.2, 0.25) is 5.91 Å². The van der Waals surface area contributed by atoms with E-state index in [2.05, 4.69) is 5.32 Å². The molecule has 0 radical (unpaired) electrons. The van der Waals surface area contributed by atoms with E-state index >= 15 is 0 Å². The lowest BCUT2D eigenvalue weighted by molar-refractivity contribution is -0.120. The zero-order valence-corrected chi connectivity index (χ0v) is 18.2. The monoisotopic (exact) mass is 436 g/mol. The van der Waals surface area contributed by atoms with Crippen LogP contribution in [0.15, 0.2) is 77.7 Å². The zero-order chi connectivity index (χ0) is 22.0. The first-order valence-electron chi connectivity index (χ1n) is 10.1. The molecule has 7 heteroatoms. The van der Waals surface area contributed by atoms with E-state index in [1.165, 1.54) is 4.31 Å². The third-order valence-electron chi connectivity index (χ3n) is 5.47. The van der Waals surface area contributed by atoms with Gasteiger partial charge in [0.05, 0.1) is 23.7 Å². The normalized spacial score (nSPS) is 14.8. The Morgan fingerprint density at radius 3 is 2.29 bits per heavy atom. The molecule has 1 N–H and O–H groups in total. The van der Waals surface area contributed by atoms with E-state index in [9.17, 15) is 13.2 Å². The van der Waals surface area contributed by atoms with Crippen molar-refractivity contribution in [2.24, 2.45) is 0 Å². The van der Waals surface area contributed by atoms with Gasteiger partial charge in [0.1, 0.15) is 12.3 Å². The molecule has 0 fully saturated rings. The van der Waals surface area contributed by atoms with Crippen LogP contribution in [0.2, 0.25) is 0 Å². The van der Waals surface area contributed by atoms with Crippen LogP contribution in [0.25, 0.3) is 11.1 Å². The summed E-state index contributed by atoms with van der Waals surface area (Å²) in [5.74, 6) is 0.375. The van der Waals surface area contributed by atoms with Crippen LogP contribution in [0.4, 0.5) is 5.69 Å². The number of hydrogen-bond acceptors (Lipinski definition) is 4. The van der Waals surface area contributed by atoms with Gasteiger partial charge in [-0.25, -0.2) is 8.42 Å². The van der Waals surface area contributed by atoms with Gasteiger partial charge < -0.3 is 10.1 Å². The minimum Gasteiger partial charge on any atom is -0.497 e. The molecule has 0 spiro atoms. The number of nitrogens with one attached hydrogen (secondary N) is 1. The number of benzene rings is 3. The number of ether oxygens (including phenoxy) is 1. The molecule has 0 saturated heterocycles. The molecule has 0 unspecified atom stereocenters. The molecule has 3 aromatic rings. The molecule has 0 aromatic heterocycles. The number of hydrogen-bond donors (Lipinski definition) is 1. The molecule has 6 nitrogen and oxygen atoms in total. The number of fused-ring (bicyclic) bond motifs is 3. The average Bonchev–Trinajstić information content (AvgIpc) is 2.80. The van der Waals surface area contributed by atoms with Crippen LogP contribution in [0.1, 0.15) is 24.9 Å². The van der Waals surface area contributed by atoms with Gasteiger partial charge in [-0.15, -0.1) is 0 Å². The number of rotatable bonds is 6.